The Hall–Kier alpha value is -3.03. The maximum Gasteiger partial charge on any atom is 0.317 e. The van der Waals surface area contributed by atoms with Gasteiger partial charge in [-0.3, -0.25) is 4.79 Å². The second kappa shape index (κ2) is 7.90. The van der Waals surface area contributed by atoms with Crippen molar-refractivity contribution in [1.82, 2.24) is 24.9 Å². The zero-order chi connectivity index (χ0) is 18.5. The number of para-hydroxylation sites is 1. The predicted octanol–water partition coefficient (Wildman–Crippen LogP) is 1.37. The maximum absolute atomic E-state index is 12.9. The van der Waals surface area contributed by atoms with E-state index in [0.29, 0.717) is 38.5 Å². The summed E-state index contributed by atoms with van der Waals surface area (Å²) >= 11 is 0. The Balaban J connectivity index is 1.72. The van der Waals surface area contributed by atoms with Crippen molar-refractivity contribution in [2.45, 2.75) is 6.92 Å². The largest absolute Gasteiger partial charge is 0.493 e. The first-order valence-electron chi connectivity index (χ1n) is 8.65. The van der Waals surface area contributed by atoms with Gasteiger partial charge in [0.05, 0.1) is 19.0 Å². The van der Waals surface area contributed by atoms with Gasteiger partial charge in [0.1, 0.15) is 0 Å². The van der Waals surface area contributed by atoms with Crippen LogP contribution in [-0.4, -0.2) is 71.4 Å². The molecule has 2 heterocycles. The number of hydrogen-bond acceptors (Lipinski definition) is 4. The van der Waals surface area contributed by atoms with Crippen LogP contribution in [0.1, 0.15) is 17.4 Å². The van der Waals surface area contributed by atoms with Crippen molar-refractivity contribution in [1.29, 1.82) is 0 Å². The Kier molecular flexibility index (Phi) is 5.40. The molecule has 1 aliphatic heterocycles. The molecular formula is C18H23N5O3. The van der Waals surface area contributed by atoms with Crippen LogP contribution in [0.2, 0.25) is 0 Å². The van der Waals surface area contributed by atoms with Crippen molar-refractivity contribution in [2.75, 3.05) is 39.8 Å². The number of hydrogen-bond donors (Lipinski definition) is 1. The zero-order valence-corrected chi connectivity index (χ0v) is 15.0. The third-order valence-electron chi connectivity index (χ3n) is 4.31. The molecule has 26 heavy (non-hydrogen) atoms. The number of nitrogens with one attached hydrogen (secondary N) is 1. The van der Waals surface area contributed by atoms with Crippen molar-refractivity contribution < 1.29 is 14.3 Å². The molecule has 1 N–H and O–H groups in total. The summed E-state index contributed by atoms with van der Waals surface area (Å²) in [4.78, 5) is 28.2. The van der Waals surface area contributed by atoms with Gasteiger partial charge in [-0.25, -0.2) is 9.48 Å². The quantitative estimate of drug-likeness (QED) is 0.896. The van der Waals surface area contributed by atoms with Gasteiger partial charge in [-0.05, 0) is 19.1 Å². The standard InChI is InChI=1S/C18H23N5O3/c1-3-19-18(25)22-11-9-21(10-12-22)17(24)16-15(26-2)13-23(20-16)14-7-5-4-6-8-14/h4-8,13H,3,9-12H2,1-2H3,(H,19,25). The maximum atomic E-state index is 12.9. The molecule has 0 radical (unpaired) electrons. The van der Waals surface area contributed by atoms with Gasteiger partial charge in [0.2, 0.25) is 0 Å². The first kappa shape index (κ1) is 17.8. The van der Waals surface area contributed by atoms with Gasteiger partial charge in [-0.1, -0.05) is 18.2 Å². The molecule has 8 heteroatoms. The Morgan fingerprint density at radius 3 is 2.38 bits per heavy atom. The molecule has 1 aromatic heterocycles. The Morgan fingerprint density at radius 2 is 1.77 bits per heavy atom. The number of carbonyl (C=O) groups is 2. The smallest absolute Gasteiger partial charge is 0.317 e. The highest BCUT2D eigenvalue weighted by Gasteiger charge is 2.28. The summed E-state index contributed by atoms with van der Waals surface area (Å²) < 4.78 is 6.98. The fourth-order valence-corrected chi connectivity index (χ4v) is 2.89. The summed E-state index contributed by atoms with van der Waals surface area (Å²) in [6.45, 7) is 4.41. The number of carbonyl (C=O) groups excluding carboxylic acids is 2. The fourth-order valence-electron chi connectivity index (χ4n) is 2.89. The van der Waals surface area contributed by atoms with Crippen molar-refractivity contribution in [3.05, 3.63) is 42.2 Å². The minimum atomic E-state index is -0.188. The number of nitrogens with zero attached hydrogens (tertiary/aromatic N) is 4. The van der Waals surface area contributed by atoms with Gasteiger partial charge >= 0.3 is 6.03 Å². The molecule has 0 saturated carbocycles. The summed E-state index contributed by atoms with van der Waals surface area (Å²) in [5.41, 5.74) is 1.13. The van der Waals surface area contributed by atoms with E-state index in [9.17, 15) is 9.59 Å². The highest BCUT2D eigenvalue weighted by molar-refractivity contribution is 5.95. The molecule has 8 nitrogen and oxygen atoms in total. The first-order valence-corrected chi connectivity index (χ1v) is 8.65. The fraction of sp³-hybridized carbons (Fsp3) is 0.389. The van der Waals surface area contributed by atoms with E-state index >= 15 is 0 Å². The molecule has 3 rings (SSSR count). The normalized spacial score (nSPS) is 14.2. The van der Waals surface area contributed by atoms with E-state index in [1.807, 2.05) is 37.3 Å². The highest BCUT2D eigenvalue weighted by atomic mass is 16.5. The molecule has 0 bridgehead atoms. The van der Waals surface area contributed by atoms with E-state index in [1.54, 1.807) is 20.7 Å². The number of benzene rings is 1. The molecule has 0 aliphatic carbocycles. The van der Waals surface area contributed by atoms with E-state index in [-0.39, 0.29) is 17.6 Å². The van der Waals surface area contributed by atoms with Crippen LogP contribution in [0.25, 0.3) is 5.69 Å². The van der Waals surface area contributed by atoms with E-state index in [0.717, 1.165) is 5.69 Å². The number of aromatic nitrogens is 2. The monoisotopic (exact) mass is 357 g/mol. The van der Waals surface area contributed by atoms with Crippen molar-refractivity contribution >= 4 is 11.9 Å². The number of methoxy groups -OCH3 is 1. The van der Waals surface area contributed by atoms with Gasteiger partial charge in [0, 0.05) is 32.7 Å². The Morgan fingerprint density at radius 1 is 1.12 bits per heavy atom. The number of amides is 3. The predicted molar refractivity (Wildman–Crippen MR) is 96.7 cm³/mol. The number of rotatable bonds is 4. The molecule has 2 aromatic rings. The molecule has 1 fully saturated rings. The molecule has 1 saturated heterocycles. The van der Waals surface area contributed by atoms with Gasteiger partial charge in [-0.2, -0.15) is 5.10 Å². The van der Waals surface area contributed by atoms with Crippen molar-refractivity contribution in [2.24, 2.45) is 0 Å². The van der Waals surface area contributed by atoms with E-state index in [4.69, 9.17) is 4.74 Å². The molecule has 1 aliphatic rings. The van der Waals surface area contributed by atoms with Crippen LogP contribution in [0.5, 0.6) is 5.75 Å². The number of urea groups is 1. The lowest BCUT2D eigenvalue weighted by Crippen LogP contribution is -2.53. The van der Waals surface area contributed by atoms with Crippen LogP contribution in [0.3, 0.4) is 0 Å². The summed E-state index contributed by atoms with van der Waals surface area (Å²) in [6.07, 6.45) is 1.70. The average Bonchev–Trinajstić information content (AvgIpc) is 3.13. The Labute approximate surface area is 152 Å². The van der Waals surface area contributed by atoms with Crippen LogP contribution in [0, 0.1) is 0 Å². The zero-order valence-electron chi connectivity index (χ0n) is 15.0. The van der Waals surface area contributed by atoms with Crippen LogP contribution in [-0.2, 0) is 0 Å². The number of ether oxygens (including phenoxy) is 1. The van der Waals surface area contributed by atoms with Crippen LogP contribution >= 0.6 is 0 Å². The van der Waals surface area contributed by atoms with Crippen LogP contribution in [0.15, 0.2) is 36.5 Å². The van der Waals surface area contributed by atoms with Gasteiger partial charge in [-0.15, -0.1) is 0 Å². The minimum absolute atomic E-state index is 0.0921. The molecular weight excluding hydrogens is 334 g/mol. The molecule has 0 atom stereocenters. The minimum Gasteiger partial charge on any atom is -0.493 e. The summed E-state index contributed by atoms with van der Waals surface area (Å²) in [6, 6.07) is 9.46. The van der Waals surface area contributed by atoms with E-state index < -0.39 is 0 Å². The lowest BCUT2D eigenvalue weighted by Gasteiger charge is -2.34. The number of piperazine rings is 1. The Bertz CT molecular complexity index is 766. The highest BCUT2D eigenvalue weighted by Crippen LogP contribution is 2.21. The molecule has 0 spiro atoms. The molecule has 138 valence electrons. The molecule has 3 amide bonds. The van der Waals surface area contributed by atoms with Crippen LogP contribution < -0.4 is 10.1 Å². The third kappa shape index (κ3) is 3.63. The van der Waals surface area contributed by atoms with Gasteiger partial charge in [0.15, 0.2) is 11.4 Å². The van der Waals surface area contributed by atoms with Crippen LogP contribution in [0.4, 0.5) is 4.79 Å². The van der Waals surface area contributed by atoms with Gasteiger partial charge in [0.25, 0.3) is 5.91 Å². The van der Waals surface area contributed by atoms with Crippen molar-refractivity contribution in [3.8, 4) is 11.4 Å². The second-order valence-electron chi connectivity index (χ2n) is 5.94. The second-order valence-corrected chi connectivity index (χ2v) is 5.94. The third-order valence-corrected chi connectivity index (χ3v) is 4.31. The van der Waals surface area contributed by atoms with Crippen molar-refractivity contribution in [3.63, 3.8) is 0 Å². The first-order chi connectivity index (χ1) is 12.6. The molecule has 1 aromatic carbocycles. The lowest BCUT2D eigenvalue weighted by atomic mass is 10.2. The molecule has 0 unspecified atom stereocenters. The average molecular weight is 357 g/mol. The lowest BCUT2D eigenvalue weighted by molar-refractivity contribution is 0.0656. The SMILES string of the molecule is CCNC(=O)N1CCN(C(=O)c2nn(-c3ccccc3)cc2OC)CC1. The van der Waals surface area contributed by atoms with E-state index in [2.05, 4.69) is 10.4 Å². The topological polar surface area (TPSA) is 79.7 Å². The summed E-state index contributed by atoms with van der Waals surface area (Å²) in [5, 5.41) is 7.20. The summed E-state index contributed by atoms with van der Waals surface area (Å²) in [7, 11) is 1.52. The van der Waals surface area contributed by atoms with Gasteiger partial charge < -0.3 is 19.9 Å². The summed E-state index contributed by atoms with van der Waals surface area (Å²) in [5.74, 6) is 0.247. The van der Waals surface area contributed by atoms with E-state index in [1.165, 1.54) is 7.11 Å².